The lowest BCUT2D eigenvalue weighted by molar-refractivity contribution is 0.00578. The molecule has 0 aliphatic carbocycles. The summed E-state index contributed by atoms with van der Waals surface area (Å²) >= 11 is 5.96. The molecule has 2 heterocycles. The van der Waals surface area contributed by atoms with Crippen LogP contribution in [0.3, 0.4) is 0 Å². The van der Waals surface area contributed by atoms with Gasteiger partial charge in [-0.15, -0.1) is 0 Å². The molecule has 4 rings (SSSR count). The van der Waals surface area contributed by atoms with Crippen molar-refractivity contribution in [2.45, 2.75) is 38.9 Å². The van der Waals surface area contributed by atoms with Gasteiger partial charge >= 0.3 is 13.1 Å². The number of carbonyl (C=O) groups is 1. The van der Waals surface area contributed by atoms with Gasteiger partial charge in [0.1, 0.15) is 0 Å². The maximum absolute atomic E-state index is 13.0. The number of amides is 2. The number of nitrogens with zero attached hydrogens (tertiary/aromatic N) is 2. The van der Waals surface area contributed by atoms with E-state index in [-0.39, 0.29) is 6.03 Å². The van der Waals surface area contributed by atoms with E-state index in [1.165, 1.54) is 0 Å². The van der Waals surface area contributed by atoms with Gasteiger partial charge in [0.15, 0.2) is 0 Å². The van der Waals surface area contributed by atoms with E-state index in [1.54, 1.807) is 21.9 Å². The first kappa shape index (κ1) is 19.3. The molecule has 7 heteroatoms. The van der Waals surface area contributed by atoms with Crippen molar-refractivity contribution in [1.82, 2.24) is 0 Å². The smallest absolute Gasteiger partial charge is 0.399 e. The van der Waals surface area contributed by atoms with Gasteiger partial charge in [-0.2, -0.15) is 0 Å². The minimum Gasteiger partial charge on any atom is -0.399 e. The third-order valence-electron chi connectivity index (χ3n) is 5.85. The first-order chi connectivity index (χ1) is 13.2. The highest BCUT2D eigenvalue weighted by molar-refractivity contribution is 6.62. The minimum absolute atomic E-state index is 0.0478. The van der Waals surface area contributed by atoms with Gasteiger partial charge in [-0.25, -0.2) is 4.79 Å². The second-order valence-corrected chi connectivity index (χ2v) is 8.68. The second-order valence-electron chi connectivity index (χ2n) is 8.25. The first-order valence-electron chi connectivity index (χ1n) is 9.48. The topological polar surface area (TPSA) is 42.0 Å². The molecule has 2 saturated heterocycles. The Labute approximate surface area is 171 Å². The summed E-state index contributed by atoms with van der Waals surface area (Å²) in [6, 6.07) is 15.1. The van der Waals surface area contributed by atoms with E-state index in [1.807, 2.05) is 64.1 Å². The van der Waals surface area contributed by atoms with Crippen LogP contribution in [0.4, 0.5) is 16.2 Å². The molecule has 2 aliphatic heterocycles. The molecule has 5 nitrogen and oxygen atoms in total. The van der Waals surface area contributed by atoms with E-state index < -0.39 is 18.3 Å². The number of hydrogen-bond donors (Lipinski definition) is 0. The summed E-state index contributed by atoms with van der Waals surface area (Å²) in [5.41, 5.74) is 1.80. The Morgan fingerprint density at radius 2 is 1.46 bits per heavy atom. The molecular weight excluding hydrogens is 375 g/mol. The zero-order valence-electron chi connectivity index (χ0n) is 16.6. The molecule has 0 saturated carbocycles. The molecule has 0 atom stereocenters. The number of anilines is 2. The summed E-state index contributed by atoms with van der Waals surface area (Å²) in [6.45, 7) is 9.38. The SMILES string of the molecule is CC1(C)OB(c2cccc(N3CCN(c4ccc(Cl)cc4)C3=O)c2)OC1(C)C. The molecule has 0 N–H and O–H groups in total. The van der Waals surface area contributed by atoms with Crippen molar-refractivity contribution in [2.75, 3.05) is 22.9 Å². The number of carbonyl (C=O) groups excluding carboxylic acids is 1. The Hall–Kier alpha value is -2.02. The van der Waals surface area contributed by atoms with E-state index in [0.29, 0.717) is 18.1 Å². The molecule has 2 aliphatic rings. The van der Waals surface area contributed by atoms with Crippen LogP contribution in [0.15, 0.2) is 48.5 Å². The maximum atomic E-state index is 13.0. The lowest BCUT2D eigenvalue weighted by atomic mass is 9.79. The van der Waals surface area contributed by atoms with E-state index in [2.05, 4.69) is 0 Å². The van der Waals surface area contributed by atoms with E-state index >= 15 is 0 Å². The number of urea groups is 1. The third-order valence-corrected chi connectivity index (χ3v) is 6.11. The van der Waals surface area contributed by atoms with Gasteiger partial charge < -0.3 is 9.31 Å². The molecule has 0 bridgehead atoms. The zero-order chi connectivity index (χ0) is 20.1. The average molecular weight is 399 g/mol. The van der Waals surface area contributed by atoms with Gasteiger partial charge in [-0.1, -0.05) is 23.7 Å². The normalized spacial score (nSPS) is 20.9. The Morgan fingerprint density at radius 3 is 2.07 bits per heavy atom. The van der Waals surface area contributed by atoms with Crippen LogP contribution < -0.4 is 15.3 Å². The molecule has 2 fully saturated rings. The van der Waals surface area contributed by atoms with Crippen molar-refractivity contribution < 1.29 is 14.1 Å². The maximum Gasteiger partial charge on any atom is 0.494 e. The largest absolute Gasteiger partial charge is 0.494 e. The molecule has 2 aromatic rings. The Kier molecular flexibility index (Phi) is 4.69. The van der Waals surface area contributed by atoms with Crippen LogP contribution in [0.25, 0.3) is 0 Å². The summed E-state index contributed by atoms with van der Waals surface area (Å²) in [4.78, 5) is 16.5. The van der Waals surface area contributed by atoms with Crippen LogP contribution >= 0.6 is 11.6 Å². The fourth-order valence-electron chi connectivity index (χ4n) is 3.46. The van der Waals surface area contributed by atoms with E-state index in [0.717, 1.165) is 16.8 Å². The lowest BCUT2D eigenvalue weighted by Crippen LogP contribution is -2.41. The van der Waals surface area contributed by atoms with Crippen molar-refractivity contribution in [2.24, 2.45) is 0 Å². The minimum atomic E-state index is -0.449. The van der Waals surface area contributed by atoms with Gasteiger partial charge in [0.05, 0.1) is 11.2 Å². The van der Waals surface area contributed by atoms with E-state index in [9.17, 15) is 4.79 Å². The molecular formula is C21H24BClN2O3. The van der Waals surface area contributed by atoms with Crippen LogP contribution in [-0.4, -0.2) is 37.4 Å². The van der Waals surface area contributed by atoms with Gasteiger partial charge in [0, 0.05) is 29.5 Å². The highest BCUT2D eigenvalue weighted by Gasteiger charge is 2.51. The summed E-state index contributed by atoms with van der Waals surface area (Å²) in [7, 11) is -0.449. The summed E-state index contributed by atoms with van der Waals surface area (Å²) in [6.07, 6.45) is 0. The lowest BCUT2D eigenvalue weighted by Gasteiger charge is -2.32. The predicted molar refractivity (Wildman–Crippen MR) is 114 cm³/mol. The van der Waals surface area contributed by atoms with Crippen molar-refractivity contribution in [3.8, 4) is 0 Å². The third kappa shape index (κ3) is 3.30. The average Bonchev–Trinajstić information content (AvgIpc) is 3.12. The van der Waals surface area contributed by atoms with Crippen LogP contribution in [0.5, 0.6) is 0 Å². The molecule has 0 spiro atoms. The van der Waals surface area contributed by atoms with Crippen molar-refractivity contribution in [3.63, 3.8) is 0 Å². The molecule has 146 valence electrons. The van der Waals surface area contributed by atoms with Gasteiger partial charge in [0.25, 0.3) is 0 Å². The summed E-state index contributed by atoms with van der Waals surface area (Å²) in [5.74, 6) is 0. The van der Waals surface area contributed by atoms with Gasteiger partial charge in [0.2, 0.25) is 0 Å². The Balaban J connectivity index is 1.55. The standard InChI is InChI=1S/C21H24BClN2O3/c1-20(2)21(3,4)28-22(27-20)15-6-5-7-18(14-15)25-13-12-24(19(25)26)17-10-8-16(23)9-11-17/h5-11,14H,12-13H2,1-4H3. The molecule has 0 aromatic heterocycles. The zero-order valence-corrected chi connectivity index (χ0v) is 17.4. The monoisotopic (exact) mass is 398 g/mol. The Bertz CT molecular complexity index is 885. The Morgan fingerprint density at radius 1 is 0.893 bits per heavy atom. The summed E-state index contributed by atoms with van der Waals surface area (Å²) < 4.78 is 12.3. The number of benzene rings is 2. The van der Waals surface area contributed by atoms with Gasteiger partial charge in [-0.3, -0.25) is 9.80 Å². The number of hydrogen-bond acceptors (Lipinski definition) is 3. The van der Waals surface area contributed by atoms with Crippen LogP contribution in [0, 0.1) is 0 Å². The van der Waals surface area contributed by atoms with Crippen molar-refractivity contribution in [3.05, 3.63) is 53.6 Å². The van der Waals surface area contributed by atoms with Crippen LogP contribution in [-0.2, 0) is 9.31 Å². The summed E-state index contributed by atoms with van der Waals surface area (Å²) in [5, 5.41) is 0.655. The molecule has 0 unspecified atom stereocenters. The number of halogens is 1. The van der Waals surface area contributed by atoms with Crippen molar-refractivity contribution >= 4 is 41.6 Å². The van der Waals surface area contributed by atoms with E-state index in [4.69, 9.17) is 20.9 Å². The molecule has 0 radical (unpaired) electrons. The predicted octanol–water partition coefficient (Wildman–Crippen LogP) is 4.09. The van der Waals surface area contributed by atoms with Gasteiger partial charge in [-0.05, 0) is 69.6 Å². The fraction of sp³-hybridized carbons (Fsp3) is 0.381. The second kappa shape index (κ2) is 6.80. The quantitative estimate of drug-likeness (QED) is 0.731. The molecule has 28 heavy (non-hydrogen) atoms. The fourth-order valence-corrected chi connectivity index (χ4v) is 3.58. The molecule has 2 amide bonds. The first-order valence-corrected chi connectivity index (χ1v) is 9.86. The van der Waals surface area contributed by atoms with Crippen LogP contribution in [0.1, 0.15) is 27.7 Å². The molecule has 2 aromatic carbocycles. The number of rotatable bonds is 3. The van der Waals surface area contributed by atoms with Crippen molar-refractivity contribution in [1.29, 1.82) is 0 Å². The van der Waals surface area contributed by atoms with Crippen LogP contribution in [0.2, 0.25) is 5.02 Å². The highest BCUT2D eigenvalue weighted by atomic mass is 35.5. The highest BCUT2D eigenvalue weighted by Crippen LogP contribution is 2.36.